The van der Waals surface area contributed by atoms with Crippen LogP contribution in [0.3, 0.4) is 0 Å². The first-order valence-corrected chi connectivity index (χ1v) is 11.6. The first-order valence-electron chi connectivity index (χ1n) is 11.6. The van der Waals surface area contributed by atoms with Crippen molar-refractivity contribution in [2.24, 2.45) is 5.92 Å². The van der Waals surface area contributed by atoms with Gasteiger partial charge in [0.1, 0.15) is 19.1 Å². The summed E-state index contributed by atoms with van der Waals surface area (Å²) in [4.78, 5) is 22.2. The van der Waals surface area contributed by atoms with Gasteiger partial charge in [0, 0.05) is 18.8 Å². The molecule has 3 heterocycles. The summed E-state index contributed by atoms with van der Waals surface area (Å²) in [5.41, 5.74) is -0.765. The number of piperidine rings is 3. The van der Waals surface area contributed by atoms with Gasteiger partial charge in [0.05, 0.1) is 13.1 Å². The second kappa shape index (κ2) is 11.1. The van der Waals surface area contributed by atoms with Crippen LogP contribution in [-0.4, -0.2) is 60.0 Å². The average molecular weight is 504 g/mol. The lowest BCUT2D eigenvalue weighted by atomic mass is 9.82. The van der Waals surface area contributed by atoms with Gasteiger partial charge in [-0.15, -0.1) is 5.92 Å². The molecule has 5 rings (SSSR count). The second-order valence-electron chi connectivity index (χ2n) is 9.07. The number of carboxylic acids is 1. The van der Waals surface area contributed by atoms with Crippen molar-refractivity contribution in [3.63, 3.8) is 0 Å². The Balaban J connectivity index is 0.000000454. The Bertz CT molecular complexity index is 1060. The van der Waals surface area contributed by atoms with Crippen LogP contribution in [0.1, 0.15) is 30.9 Å². The molecule has 3 saturated heterocycles. The Morgan fingerprint density at radius 1 is 1.03 bits per heavy atom. The number of benzene rings is 2. The quantitative estimate of drug-likeness (QED) is 0.385. The lowest BCUT2D eigenvalue weighted by Gasteiger charge is -2.51. The number of halogens is 3. The van der Waals surface area contributed by atoms with Crippen LogP contribution in [0.4, 0.5) is 13.2 Å². The fourth-order valence-corrected chi connectivity index (χ4v) is 4.81. The summed E-state index contributed by atoms with van der Waals surface area (Å²) in [7, 11) is 0. The third-order valence-corrected chi connectivity index (χ3v) is 6.80. The number of nitrogens with zero attached hydrogens (tertiary/aromatic N) is 1. The molecule has 3 aliphatic heterocycles. The summed E-state index contributed by atoms with van der Waals surface area (Å²) in [6.45, 7) is 5.64. The monoisotopic (exact) mass is 503 g/mol. The Labute approximate surface area is 207 Å². The maximum atomic E-state index is 13.4. The Morgan fingerprint density at radius 3 is 1.92 bits per heavy atom. The Kier molecular flexibility index (Phi) is 8.43. The van der Waals surface area contributed by atoms with Crippen molar-refractivity contribution >= 4 is 11.9 Å². The van der Waals surface area contributed by atoms with Gasteiger partial charge in [0.25, 0.3) is 0 Å². The van der Waals surface area contributed by atoms with Crippen LogP contribution >= 0.6 is 0 Å². The standard InChI is InChI=1S/C25H28NO3.C2HF3O2/c1-2-3-16-26-17-14-20(15-18-26)23(19-26)29-24(27)25(28,21-10-6-4-7-11-21)22-12-8-5-9-13-22;3-2(4,5)1(6)7/h4-13,20,23,28H,14-19H2,1H3;(H,6,7)/q+1;/p-1/t20?,23-,26?;/m0./s1. The van der Waals surface area contributed by atoms with Crippen LogP contribution in [0.5, 0.6) is 0 Å². The molecule has 0 saturated carbocycles. The molecule has 0 unspecified atom stereocenters. The van der Waals surface area contributed by atoms with Crippen molar-refractivity contribution in [1.82, 2.24) is 0 Å². The van der Waals surface area contributed by atoms with Crippen molar-refractivity contribution in [3.05, 3.63) is 71.8 Å². The number of carbonyl (C=O) groups excluding carboxylic acids is 2. The largest absolute Gasteiger partial charge is 0.542 e. The van der Waals surface area contributed by atoms with Crippen LogP contribution in [0.2, 0.25) is 0 Å². The fourth-order valence-electron chi connectivity index (χ4n) is 4.81. The highest BCUT2D eigenvalue weighted by Gasteiger charge is 2.50. The number of quaternary nitrogens is 1. The molecule has 3 aliphatic rings. The second-order valence-corrected chi connectivity index (χ2v) is 9.07. The Morgan fingerprint density at radius 2 is 1.50 bits per heavy atom. The molecular formula is C27H28F3NO5. The number of alkyl halides is 3. The molecule has 1 N–H and O–H groups in total. The van der Waals surface area contributed by atoms with E-state index in [1.165, 1.54) is 0 Å². The number of fused-ring (bicyclic) bond motifs is 3. The lowest BCUT2D eigenvalue weighted by molar-refractivity contribution is -0.939. The molecule has 2 bridgehead atoms. The van der Waals surface area contributed by atoms with Gasteiger partial charge in [-0.05, 0) is 24.0 Å². The zero-order valence-electron chi connectivity index (χ0n) is 19.8. The number of hydrogen-bond acceptors (Lipinski definition) is 5. The molecule has 36 heavy (non-hydrogen) atoms. The number of aliphatic hydroxyl groups is 1. The normalized spacial score (nSPS) is 22.9. The minimum absolute atomic E-state index is 0.178. The summed E-state index contributed by atoms with van der Waals surface area (Å²) in [6.07, 6.45) is -3.29. The van der Waals surface area contributed by atoms with Crippen molar-refractivity contribution < 1.29 is 42.2 Å². The van der Waals surface area contributed by atoms with Crippen LogP contribution in [0, 0.1) is 17.8 Å². The maximum Gasteiger partial charge on any atom is 0.430 e. The van der Waals surface area contributed by atoms with Gasteiger partial charge < -0.3 is 24.2 Å². The molecule has 6 nitrogen and oxygen atoms in total. The van der Waals surface area contributed by atoms with Crippen molar-refractivity contribution in [1.29, 1.82) is 0 Å². The molecule has 0 aliphatic carbocycles. The fraction of sp³-hybridized carbons (Fsp3) is 0.407. The van der Waals surface area contributed by atoms with Gasteiger partial charge in [-0.1, -0.05) is 60.7 Å². The molecule has 0 spiro atoms. The SMILES string of the molecule is CC#CC[N+]12CCC(CC1)[C@@H](OC(=O)C(O)(c1ccccc1)c1ccccc1)C2.O=C([O-])C(F)(F)F. The minimum atomic E-state index is -5.19. The summed E-state index contributed by atoms with van der Waals surface area (Å²) in [6, 6.07) is 18.1. The summed E-state index contributed by atoms with van der Waals surface area (Å²) in [5, 5.41) is 20.4. The maximum absolute atomic E-state index is 13.4. The van der Waals surface area contributed by atoms with Gasteiger partial charge in [0.15, 0.2) is 6.10 Å². The van der Waals surface area contributed by atoms with Crippen LogP contribution in [-0.2, 0) is 19.9 Å². The minimum Gasteiger partial charge on any atom is -0.542 e. The smallest absolute Gasteiger partial charge is 0.430 e. The zero-order chi connectivity index (χ0) is 26.4. The zero-order valence-corrected chi connectivity index (χ0v) is 19.8. The molecule has 192 valence electrons. The predicted octanol–water partition coefficient (Wildman–Crippen LogP) is 2.40. The summed E-state index contributed by atoms with van der Waals surface area (Å²) in [5.74, 6) is 2.99. The van der Waals surface area contributed by atoms with Crippen LogP contribution in [0.25, 0.3) is 0 Å². The van der Waals surface area contributed by atoms with Crippen molar-refractivity contribution in [2.75, 3.05) is 26.2 Å². The highest BCUT2D eigenvalue weighted by Crippen LogP contribution is 2.38. The number of ether oxygens (including phenoxy) is 1. The molecule has 1 atom stereocenters. The van der Waals surface area contributed by atoms with E-state index in [0.29, 0.717) is 17.0 Å². The number of aliphatic carboxylic acids is 1. The van der Waals surface area contributed by atoms with E-state index in [9.17, 15) is 23.1 Å². The van der Waals surface area contributed by atoms with Gasteiger partial charge in [-0.2, -0.15) is 13.2 Å². The highest BCUT2D eigenvalue weighted by molar-refractivity contribution is 5.85. The number of carbonyl (C=O) groups is 2. The van der Waals surface area contributed by atoms with E-state index < -0.39 is 23.7 Å². The van der Waals surface area contributed by atoms with Gasteiger partial charge in [-0.3, -0.25) is 0 Å². The molecular weight excluding hydrogens is 475 g/mol. The van der Waals surface area contributed by atoms with Crippen LogP contribution in [0.15, 0.2) is 60.7 Å². The molecule has 9 heteroatoms. The molecule has 0 amide bonds. The average Bonchev–Trinajstić information content (AvgIpc) is 2.88. The molecule has 3 fully saturated rings. The van der Waals surface area contributed by atoms with Gasteiger partial charge >= 0.3 is 12.1 Å². The predicted molar refractivity (Wildman–Crippen MR) is 123 cm³/mol. The Hall–Kier alpha value is -3.35. The first-order chi connectivity index (χ1) is 17.0. The van der Waals surface area contributed by atoms with E-state index >= 15 is 0 Å². The van der Waals surface area contributed by atoms with E-state index in [-0.39, 0.29) is 6.10 Å². The molecule has 0 radical (unpaired) electrons. The van der Waals surface area contributed by atoms with E-state index in [0.717, 1.165) is 43.5 Å². The van der Waals surface area contributed by atoms with E-state index in [2.05, 4.69) is 11.8 Å². The van der Waals surface area contributed by atoms with E-state index in [1.54, 1.807) is 24.3 Å². The number of rotatable bonds is 5. The van der Waals surface area contributed by atoms with Crippen LogP contribution < -0.4 is 5.11 Å². The van der Waals surface area contributed by atoms with Gasteiger partial charge in [0.2, 0.25) is 5.60 Å². The highest BCUT2D eigenvalue weighted by atomic mass is 19.4. The number of hydrogen-bond donors (Lipinski definition) is 1. The van der Waals surface area contributed by atoms with Crippen molar-refractivity contribution in [3.8, 4) is 11.8 Å². The van der Waals surface area contributed by atoms with E-state index in [4.69, 9.17) is 14.6 Å². The summed E-state index contributed by atoms with van der Waals surface area (Å²) < 4.78 is 38.5. The topological polar surface area (TPSA) is 86.7 Å². The third kappa shape index (κ3) is 6.07. The molecule has 0 aromatic heterocycles. The number of esters is 1. The van der Waals surface area contributed by atoms with E-state index in [1.807, 2.05) is 43.3 Å². The molecule has 2 aromatic carbocycles. The van der Waals surface area contributed by atoms with Crippen molar-refractivity contribution in [2.45, 2.75) is 37.6 Å². The van der Waals surface area contributed by atoms with Gasteiger partial charge in [-0.25, -0.2) is 4.79 Å². The molecule has 2 aromatic rings. The summed E-state index contributed by atoms with van der Waals surface area (Å²) >= 11 is 0. The third-order valence-electron chi connectivity index (χ3n) is 6.80. The lowest BCUT2D eigenvalue weighted by Crippen LogP contribution is -2.65. The first kappa shape index (κ1) is 27.2. The number of carboxylic acid groups (broad SMARTS) is 1.